The number of hydrogen-bond donors (Lipinski definition) is 2. The maximum absolute atomic E-state index is 5.35. The third kappa shape index (κ3) is 16.8. The van der Waals surface area contributed by atoms with Crippen molar-refractivity contribution in [3.63, 3.8) is 0 Å². The zero-order chi connectivity index (χ0) is 17.2. The molecule has 24 heavy (non-hydrogen) atoms. The monoisotopic (exact) mass is 456 g/mol. The number of halogens is 1. The van der Waals surface area contributed by atoms with Crippen LogP contribution < -0.4 is 10.6 Å². The number of rotatable bonds is 15. The van der Waals surface area contributed by atoms with Crippen LogP contribution in [0.1, 0.15) is 59.8 Å². The summed E-state index contributed by atoms with van der Waals surface area (Å²) in [7, 11) is 0. The maximum atomic E-state index is 5.35. The molecule has 0 aromatic rings. The minimum absolute atomic E-state index is 0. The van der Waals surface area contributed by atoms with E-state index in [0.717, 1.165) is 64.6 Å². The summed E-state index contributed by atoms with van der Waals surface area (Å²) in [5.41, 5.74) is 0. The standard InChI is InChI=1S/C18H40N4O.HI/c1-5-14-22(15-6-2)16-11-13-21-18(19-7-3)20-12-9-10-17-23-8-4;/h5-17H2,1-4H3,(H2,19,20,21);1H. The molecule has 0 aliphatic heterocycles. The number of ether oxygens (including phenoxy) is 1. The first-order valence-corrected chi connectivity index (χ1v) is 9.60. The van der Waals surface area contributed by atoms with E-state index in [1.807, 2.05) is 6.92 Å². The molecule has 0 heterocycles. The van der Waals surface area contributed by atoms with Crippen LogP contribution >= 0.6 is 24.0 Å². The predicted molar refractivity (Wildman–Crippen MR) is 117 cm³/mol. The first-order valence-electron chi connectivity index (χ1n) is 9.60. The molecule has 5 nitrogen and oxygen atoms in total. The zero-order valence-electron chi connectivity index (χ0n) is 16.4. The van der Waals surface area contributed by atoms with Crippen LogP contribution in [0.15, 0.2) is 4.99 Å². The molecular weight excluding hydrogens is 415 g/mol. The zero-order valence-corrected chi connectivity index (χ0v) is 18.7. The Morgan fingerprint density at radius 3 is 2.21 bits per heavy atom. The van der Waals surface area contributed by atoms with Crippen molar-refractivity contribution in [2.24, 2.45) is 4.99 Å². The highest BCUT2D eigenvalue weighted by Gasteiger charge is 2.02. The van der Waals surface area contributed by atoms with E-state index < -0.39 is 0 Å². The van der Waals surface area contributed by atoms with E-state index in [2.05, 4.69) is 41.3 Å². The van der Waals surface area contributed by atoms with Gasteiger partial charge >= 0.3 is 0 Å². The van der Waals surface area contributed by atoms with Crippen LogP contribution in [0.2, 0.25) is 0 Å². The van der Waals surface area contributed by atoms with E-state index in [-0.39, 0.29) is 24.0 Å². The second kappa shape index (κ2) is 21.0. The molecule has 146 valence electrons. The molecule has 0 amide bonds. The van der Waals surface area contributed by atoms with E-state index in [4.69, 9.17) is 4.74 Å². The third-order valence-corrected chi connectivity index (χ3v) is 3.54. The van der Waals surface area contributed by atoms with Gasteiger partial charge in [-0.1, -0.05) is 13.8 Å². The molecule has 0 saturated heterocycles. The number of guanidine groups is 1. The molecule has 0 aromatic carbocycles. The Morgan fingerprint density at radius 1 is 0.917 bits per heavy atom. The van der Waals surface area contributed by atoms with Crippen molar-refractivity contribution in [1.82, 2.24) is 15.5 Å². The molecule has 0 saturated carbocycles. The number of aliphatic imine (C=N–C) groups is 1. The second-order valence-corrected chi connectivity index (χ2v) is 5.79. The largest absolute Gasteiger partial charge is 0.382 e. The molecular formula is C18H41IN4O. The molecule has 0 unspecified atom stereocenters. The lowest BCUT2D eigenvalue weighted by atomic mass is 10.3. The molecule has 0 aliphatic rings. The Balaban J connectivity index is 0. The first kappa shape index (κ1) is 26.2. The molecule has 0 fully saturated rings. The minimum atomic E-state index is 0. The Hall–Kier alpha value is -0.0800. The van der Waals surface area contributed by atoms with E-state index in [0.29, 0.717) is 0 Å². The minimum Gasteiger partial charge on any atom is -0.382 e. The van der Waals surface area contributed by atoms with Crippen molar-refractivity contribution in [1.29, 1.82) is 0 Å². The summed E-state index contributed by atoms with van der Waals surface area (Å²) in [5.74, 6) is 0.946. The van der Waals surface area contributed by atoms with Gasteiger partial charge in [0, 0.05) is 32.8 Å². The van der Waals surface area contributed by atoms with Gasteiger partial charge in [0.2, 0.25) is 0 Å². The molecule has 2 N–H and O–H groups in total. The first-order chi connectivity index (χ1) is 11.3. The Bertz CT molecular complexity index is 272. The van der Waals surface area contributed by atoms with E-state index in [1.54, 1.807) is 0 Å². The molecule has 0 radical (unpaired) electrons. The van der Waals surface area contributed by atoms with Crippen LogP contribution in [0, 0.1) is 0 Å². The van der Waals surface area contributed by atoms with Gasteiger partial charge in [0.1, 0.15) is 0 Å². The quantitative estimate of drug-likeness (QED) is 0.172. The van der Waals surface area contributed by atoms with Gasteiger partial charge in [-0.15, -0.1) is 24.0 Å². The van der Waals surface area contributed by atoms with Gasteiger partial charge in [0.25, 0.3) is 0 Å². The summed E-state index contributed by atoms with van der Waals surface area (Å²) >= 11 is 0. The van der Waals surface area contributed by atoms with Crippen molar-refractivity contribution in [3.8, 4) is 0 Å². The molecule has 0 atom stereocenters. The van der Waals surface area contributed by atoms with Crippen LogP contribution in [0.5, 0.6) is 0 Å². The van der Waals surface area contributed by atoms with Gasteiger partial charge < -0.3 is 20.3 Å². The average Bonchev–Trinajstić information content (AvgIpc) is 2.54. The number of unbranched alkanes of at least 4 members (excludes halogenated alkanes) is 1. The van der Waals surface area contributed by atoms with Crippen LogP contribution in [0.3, 0.4) is 0 Å². The fourth-order valence-electron chi connectivity index (χ4n) is 2.48. The maximum Gasteiger partial charge on any atom is 0.191 e. The summed E-state index contributed by atoms with van der Waals surface area (Å²) in [4.78, 5) is 7.22. The second-order valence-electron chi connectivity index (χ2n) is 5.79. The number of nitrogens with zero attached hydrogens (tertiary/aromatic N) is 2. The molecule has 0 spiro atoms. The van der Waals surface area contributed by atoms with Gasteiger partial charge in [-0.05, 0) is 65.6 Å². The molecule has 0 bridgehead atoms. The lowest BCUT2D eigenvalue weighted by molar-refractivity contribution is 0.143. The van der Waals surface area contributed by atoms with Gasteiger partial charge in [0.15, 0.2) is 5.96 Å². The lowest BCUT2D eigenvalue weighted by Gasteiger charge is -2.20. The fraction of sp³-hybridized carbons (Fsp3) is 0.944. The molecule has 0 aromatic heterocycles. The van der Waals surface area contributed by atoms with E-state index in [1.165, 1.54) is 25.9 Å². The van der Waals surface area contributed by atoms with Crippen molar-refractivity contribution < 1.29 is 4.74 Å². The molecule has 0 aliphatic carbocycles. The fourth-order valence-corrected chi connectivity index (χ4v) is 2.48. The van der Waals surface area contributed by atoms with E-state index >= 15 is 0 Å². The topological polar surface area (TPSA) is 48.9 Å². The average molecular weight is 456 g/mol. The van der Waals surface area contributed by atoms with Crippen molar-refractivity contribution >= 4 is 29.9 Å². The Kier molecular flexibility index (Phi) is 22.8. The van der Waals surface area contributed by atoms with E-state index in [9.17, 15) is 0 Å². The summed E-state index contributed by atoms with van der Waals surface area (Å²) in [6, 6.07) is 0. The Labute approximate surface area is 167 Å². The Morgan fingerprint density at radius 2 is 1.62 bits per heavy atom. The van der Waals surface area contributed by atoms with Crippen molar-refractivity contribution in [3.05, 3.63) is 0 Å². The summed E-state index contributed by atoms with van der Waals surface area (Å²) < 4.78 is 5.35. The predicted octanol–water partition coefficient (Wildman–Crippen LogP) is 3.49. The highest BCUT2D eigenvalue weighted by Crippen LogP contribution is 1.96. The van der Waals surface area contributed by atoms with Crippen LogP contribution in [0.25, 0.3) is 0 Å². The van der Waals surface area contributed by atoms with Gasteiger partial charge in [-0.25, -0.2) is 0 Å². The summed E-state index contributed by atoms with van der Waals surface area (Å²) in [6.07, 6.45) is 5.81. The molecule has 0 rings (SSSR count). The van der Waals surface area contributed by atoms with Gasteiger partial charge in [0.05, 0.1) is 0 Å². The smallest absolute Gasteiger partial charge is 0.191 e. The summed E-state index contributed by atoms with van der Waals surface area (Å²) in [5, 5.41) is 6.72. The molecule has 6 heteroatoms. The van der Waals surface area contributed by atoms with Gasteiger partial charge in [-0.2, -0.15) is 0 Å². The van der Waals surface area contributed by atoms with Crippen LogP contribution in [-0.2, 0) is 4.74 Å². The lowest BCUT2D eigenvalue weighted by Crippen LogP contribution is -2.38. The van der Waals surface area contributed by atoms with Crippen molar-refractivity contribution in [2.75, 3.05) is 52.5 Å². The highest BCUT2D eigenvalue weighted by atomic mass is 127. The highest BCUT2D eigenvalue weighted by molar-refractivity contribution is 14.0. The number of nitrogens with one attached hydrogen (secondary N) is 2. The normalized spacial score (nSPS) is 11.5. The summed E-state index contributed by atoms with van der Waals surface area (Å²) in [6.45, 7) is 16.6. The van der Waals surface area contributed by atoms with Crippen molar-refractivity contribution in [2.45, 2.75) is 59.8 Å². The number of hydrogen-bond acceptors (Lipinski definition) is 3. The van der Waals surface area contributed by atoms with Crippen LogP contribution in [0.4, 0.5) is 0 Å². The van der Waals surface area contributed by atoms with Crippen LogP contribution in [-0.4, -0.2) is 63.3 Å². The SMILES string of the molecule is CCCN(CCC)CCCN=C(NCC)NCCCCOCC.I. The third-order valence-electron chi connectivity index (χ3n) is 3.54. The van der Waals surface area contributed by atoms with Gasteiger partial charge in [-0.3, -0.25) is 4.99 Å².